The van der Waals surface area contributed by atoms with Crippen LogP contribution < -0.4 is 10.1 Å². The summed E-state index contributed by atoms with van der Waals surface area (Å²) >= 11 is 0. The highest BCUT2D eigenvalue weighted by atomic mass is 16.5. The highest BCUT2D eigenvalue weighted by Crippen LogP contribution is 2.35. The predicted octanol–water partition coefficient (Wildman–Crippen LogP) is 4.69. The van der Waals surface area contributed by atoms with Crippen LogP contribution in [0.5, 0.6) is 5.75 Å². The largest absolute Gasteiger partial charge is 0.494 e. The molecule has 1 N–H and O–H groups in total. The summed E-state index contributed by atoms with van der Waals surface area (Å²) in [6, 6.07) is 17.5. The maximum absolute atomic E-state index is 13.4. The minimum atomic E-state index is -0.140. The molecule has 0 aromatic heterocycles. The first-order valence-electron chi connectivity index (χ1n) is 11.3. The van der Waals surface area contributed by atoms with Crippen molar-refractivity contribution < 1.29 is 14.3 Å². The number of nitrogens with one attached hydrogen (secondary N) is 1. The smallest absolute Gasteiger partial charge is 0.321 e. The van der Waals surface area contributed by atoms with Gasteiger partial charge in [0.25, 0.3) is 0 Å². The Balaban J connectivity index is 1.40. The van der Waals surface area contributed by atoms with Crippen LogP contribution in [-0.4, -0.2) is 48.0 Å². The molecular weight excluding hydrogens is 390 g/mol. The first-order valence-corrected chi connectivity index (χ1v) is 11.3. The molecule has 6 nitrogen and oxygen atoms in total. The molecule has 0 unspecified atom stereocenters. The minimum absolute atomic E-state index is 0.108. The molecule has 31 heavy (non-hydrogen) atoms. The molecule has 0 saturated carbocycles. The molecule has 4 rings (SSSR count). The topological polar surface area (TPSA) is 61.9 Å². The average Bonchev–Trinajstić information content (AvgIpc) is 3.30. The Morgan fingerprint density at radius 2 is 1.74 bits per heavy atom. The standard InChI is InChI=1S/C25H31N3O3/c1-2-31-22-14-12-19(13-15-22)23-11-7-17-28(23)24(29)20-8-6-16-27(18-20)25(30)26-21-9-4-3-5-10-21/h3-5,9-10,12-15,20,23H,2,6-8,11,16-18H2,1H3,(H,26,30)/t20-,23-/m0/s1. The molecule has 2 aromatic rings. The first kappa shape index (κ1) is 21.2. The highest BCUT2D eigenvalue weighted by molar-refractivity contribution is 5.90. The van der Waals surface area contributed by atoms with Crippen LogP contribution in [0.3, 0.4) is 0 Å². The molecule has 0 bridgehead atoms. The van der Waals surface area contributed by atoms with E-state index in [2.05, 4.69) is 17.4 Å². The second-order valence-corrected chi connectivity index (χ2v) is 8.27. The van der Waals surface area contributed by atoms with Crippen molar-refractivity contribution in [3.63, 3.8) is 0 Å². The minimum Gasteiger partial charge on any atom is -0.494 e. The van der Waals surface area contributed by atoms with Gasteiger partial charge in [-0.3, -0.25) is 4.79 Å². The number of carbonyl (C=O) groups is 2. The Kier molecular flexibility index (Phi) is 6.75. The zero-order chi connectivity index (χ0) is 21.6. The third kappa shape index (κ3) is 5.01. The quantitative estimate of drug-likeness (QED) is 0.762. The lowest BCUT2D eigenvalue weighted by Gasteiger charge is -2.35. The van der Waals surface area contributed by atoms with Gasteiger partial charge in [0.1, 0.15) is 5.75 Å². The van der Waals surface area contributed by atoms with Crippen LogP contribution in [-0.2, 0) is 4.79 Å². The van der Waals surface area contributed by atoms with Gasteiger partial charge in [-0.15, -0.1) is 0 Å². The number of hydrogen-bond acceptors (Lipinski definition) is 3. The van der Waals surface area contributed by atoms with Crippen LogP contribution in [0, 0.1) is 5.92 Å². The summed E-state index contributed by atoms with van der Waals surface area (Å²) in [6.07, 6.45) is 3.67. The molecule has 0 radical (unpaired) electrons. The Morgan fingerprint density at radius 1 is 1.00 bits per heavy atom. The fourth-order valence-corrected chi connectivity index (χ4v) is 4.65. The average molecular weight is 422 g/mol. The Morgan fingerprint density at radius 3 is 2.48 bits per heavy atom. The van der Waals surface area contributed by atoms with Crippen LogP contribution in [0.2, 0.25) is 0 Å². The third-order valence-corrected chi connectivity index (χ3v) is 6.19. The number of hydrogen-bond donors (Lipinski definition) is 1. The van der Waals surface area contributed by atoms with Gasteiger partial charge < -0.3 is 19.9 Å². The molecule has 164 valence electrons. The molecule has 2 saturated heterocycles. The van der Waals surface area contributed by atoms with Crippen molar-refractivity contribution in [1.82, 2.24) is 9.80 Å². The van der Waals surface area contributed by atoms with Gasteiger partial charge in [-0.05, 0) is 62.4 Å². The van der Waals surface area contributed by atoms with Crippen LogP contribution >= 0.6 is 0 Å². The molecule has 2 aliphatic heterocycles. The number of likely N-dealkylation sites (tertiary alicyclic amines) is 2. The molecule has 2 aliphatic rings. The van der Waals surface area contributed by atoms with Gasteiger partial charge >= 0.3 is 6.03 Å². The van der Waals surface area contributed by atoms with Crippen molar-refractivity contribution in [2.24, 2.45) is 5.92 Å². The number of benzene rings is 2. The second-order valence-electron chi connectivity index (χ2n) is 8.27. The fraction of sp³-hybridized carbons (Fsp3) is 0.440. The van der Waals surface area contributed by atoms with Crippen molar-refractivity contribution in [2.75, 3.05) is 31.6 Å². The summed E-state index contributed by atoms with van der Waals surface area (Å²) in [5.74, 6) is 0.890. The molecule has 0 spiro atoms. The number of rotatable bonds is 5. The van der Waals surface area contributed by atoms with E-state index < -0.39 is 0 Å². The van der Waals surface area contributed by atoms with Gasteiger partial charge in [0.05, 0.1) is 18.6 Å². The van der Waals surface area contributed by atoms with Crippen LogP contribution in [0.15, 0.2) is 54.6 Å². The number of urea groups is 1. The van der Waals surface area contributed by atoms with Gasteiger partial charge in [-0.1, -0.05) is 30.3 Å². The van der Waals surface area contributed by atoms with E-state index in [9.17, 15) is 9.59 Å². The lowest BCUT2D eigenvalue weighted by Crippen LogP contribution is -2.47. The summed E-state index contributed by atoms with van der Waals surface area (Å²) in [6.45, 7) is 4.56. The molecule has 2 atom stereocenters. The van der Waals surface area contributed by atoms with E-state index in [1.54, 1.807) is 4.90 Å². The number of ether oxygens (including phenoxy) is 1. The van der Waals surface area contributed by atoms with E-state index in [1.807, 2.05) is 54.3 Å². The van der Waals surface area contributed by atoms with Gasteiger partial charge in [-0.25, -0.2) is 4.79 Å². The van der Waals surface area contributed by atoms with Crippen molar-refractivity contribution in [2.45, 2.75) is 38.6 Å². The summed E-state index contributed by atoms with van der Waals surface area (Å²) in [4.78, 5) is 29.9. The fourth-order valence-electron chi connectivity index (χ4n) is 4.65. The maximum Gasteiger partial charge on any atom is 0.321 e. The van der Waals surface area contributed by atoms with E-state index in [4.69, 9.17) is 4.74 Å². The van der Waals surface area contributed by atoms with Crippen molar-refractivity contribution in [3.8, 4) is 5.75 Å². The number of carbonyl (C=O) groups excluding carboxylic acids is 2. The van der Waals surface area contributed by atoms with Crippen molar-refractivity contribution in [3.05, 3.63) is 60.2 Å². The maximum atomic E-state index is 13.4. The molecule has 3 amide bonds. The number of amides is 3. The first-order chi connectivity index (χ1) is 15.2. The monoisotopic (exact) mass is 421 g/mol. The highest BCUT2D eigenvalue weighted by Gasteiger charge is 2.36. The number of piperidine rings is 1. The zero-order valence-electron chi connectivity index (χ0n) is 18.1. The van der Waals surface area contributed by atoms with Crippen LogP contribution in [0.4, 0.5) is 10.5 Å². The third-order valence-electron chi connectivity index (χ3n) is 6.19. The summed E-state index contributed by atoms with van der Waals surface area (Å²) in [7, 11) is 0. The summed E-state index contributed by atoms with van der Waals surface area (Å²) in [5.41, 5.74) is 1.93. The lowest BCUT2D eigenvalue weighted by molar-refractivity contribution is -0.137. The van der Waals surface area contributed by atoms with E-state index in [1.165, 1.54) is 0 Å². The predicted molar refractivity (Wildman–Crippen MR) is 121 cm³/mol. The van der Waals surface area contributed by atoms with Gasteiger partial charge in [0.15, 0.2) is 0 Å². The normalized spacial score (nSPS) is 21.1. The van der Waals surface area contributed by atoms with Crippen molar-refractivity contribution >= 4 is 17.6 Å². The number of nitrogens with zero attached hydrogens (tertiary/aromatic N) is 2. The van der Waals surface area contributed by atoms with E-state index in [0.29, 0.717) is 19.7 Å². The van der Waals surface area contributed by atoms with Gasteiger partial charge in [0, 0.05) is 25.3 Å². The SMILES string of the molecule is CCOc1ccc([C@@H]2CCCN2C(=O)[C@H]2CCCN(C(=O)Nc3ccccc3)C2)cc1. The van der Waals surface area contributed by atoms with Gasteiger partial charge in [0.2, 0.25) is 5.91 Å². The van der Waals surface area contributed by atoms with E-state index in [0.717, 1.165) is 49.2 Å². The van der Waals surface area contributed by atoms with E-state index in [-0.39, 0.29) is 23.9 Å². The number of anilines is 1. The Labute approximate surface area is 184 Å². The summed E-state index contributed by atoms with van der Waals surface area (Å²) < 4.78 is 5.55. The van der Waals surface area contributed by atoms with Crippen LogP contribution in [0.1, 0.15) is 44.2 Å². The molecule has 2 heterocycles. The lowest BCUT2D eigenvalue weighted by atomic mass is 9.95. The Bertz CT molecular complexity index is 885. The molecule has 6 heteroatoms. The second kappa shape index (κ2) is 9.86. The van der Waals surface area contributed by atoms with Crippen molar-refractivity contribution in [1.29, 1.82) is 0 Å². The molecule has 0 aliphatic carbocycles. The van der Waals surface area contributed by atoms with Crippen LogP contribution in [0.25, 0.3) is 0 Å². The summed E-state index contributed by atoms with van der Waals surface area (Å²) in [5, 5.41) is 2.94. The van der Waals surface area contributed by atoms with Gasteiger partial charge in [-0.2, -0.15) is 0 Å². The molecule has 2 aromatic carbocycles. The number of para-hydroxylation sites is 1. The molecular formula is C25H31N3O3. The van der Waals surface area contributed by atoms with E-state index >= 15 is 0 Å². The molecule has 2 fully saturated rings. The Hall–Kier alpha value is -3.02. The zero-order valence-corrected chi connectivity index (χ0v) is 18.1.